The lowest BCUT2D eigenvalue weighted by Gasteiger charge is -2.34. The zero-order valence-corrected chi connectivity index (χ0v) is 11.8. The maximum Gasteiger partial charge on any atom is 0.255 e. The van der Waals surface area contributed by atoms with Gasteiger partial charge in [0.1, 0.15) is 6.10 Å². The summed E-state index contributed by atoms with van der Waals surface area (Å²) in [6.07, 6.45) is 6.55. The molecule has 4 rings (SSSR count). The van der Waals surface area contributed by atoms with Crippen LogP contribution >= 0.6 is 0 Å². The minimum atomic E-state index is -0.0795. The topological polar surface area (TPSA) is 77.2 Å². The Morgan fingerprint density at radius 3 is 2.81 bits per heavy atom. The summed E-state index contributed by atoms with van der Waals surface area (Å²) in [5.74, 6) is 2.04. The van der Waals surface area contributed by atoms with Gasteiger partial charge >= 0.3 is 0 Å². The molecule has 0 aliphatic carbocycles. The summed E-state index contributed by atoms with van der Waals surface area (Å²) in [5, 5.41) is 3.84. The monoisotopic (exact) mass is 287 g/mol. The van der Waals surface area contributed by atoms with Crippen LogP contribution in [0.5, 0.6) is 0 Å². The van der Waals surface area contributed by atoms with Gasteiger partial charge in [-0.3, -0.25) is 0 Å². The summed E-state index contributed by atoms with van der Waals surface area (Å²) >= 11 is 0. The lowest BCUT2D eigenvalue weighted by atomic mass is 9.99. The number of aryl methyl sites for hydroxylation is 1. The van der Waals surface area contributed by atoms with Gasteiger partial charge in [0.25, 0.3) is 5.89 Å². The van der Waals surface area contributed by atoms with Crippen LogP contribution in [-0.2, 0) is 4.74 Å². The molecule has 3 atom stereocenters. The Morgan fingerprint density at radius 1 is 1.19 bits per heavy atom. The van der Waals surface area contributed by atoms with Crippen LogP contribution in [0.2, 0.25) is 0 Å². The summed E-state index contributed by atoms with van der Waals surface area (Å²) in [4.78, 5) is 15.2. The van der Waals surface area contributed by atoms with Gasteiger partial charge in [-0.25, -0.2) is 9.97 Å². The zero-order valence-electron chi connectivity index (χ0n) is 11.8. The Morgan fingerprint density at radius 2 is 2.05 bits per heavy atom. The Bertz CT molecular complexity index is 617. The highest BCUT2D eigenvalue weighted by molar-refractivity contribution is 5.34. The van der Waals surface area contributed by atoms with Crippen molar-refractivity contribution in [2.75, 3.05) is 11.4 Å². The molecule has 7 heteroatoms. The van der Waals surface area contributed by atoms with E-state index in [0.717, 1.165) is 31.8 Å². The first-order valence-electron chi connectivity index (χ1n) is 7.30. The van der Waals surface area contributed by atoms with Crippen LogP contribution in [0.15, 0.2) is 23.0 Å². The number of aromatic nitrogens is 4. The molecule has 2 fully saturated rings. The van der Waals surface area contributed by atoms with Gasteiger partial charge in [0.2, 0.25) is 5.95 Å². The van der Waals surface area contributed by atoms with E-state index < -0.39 is 0 Å². The van der Waals surface area contributed by atoms with Crippen molar-refractivity contribution in [3.63, 3.8) is 0 Å². The van der Waals surface area contributed by atoms with Crippen LogP contribution in [0, 0.1) is 6.92 Å². The first-order chi connectivity index (χ1) is 10.3. The van der Waals surface area contributed by atoms with E-state index in [9.17, 15) is 0 Å². The van der Waals surface area contributed by atoms with Crippen molar-refractivity contribution in [3.8, 4) is 0 Å². The van der Waals surface area contributed by atoms with Crippen molar-refractivity contribution in [3.05, 3.63) is 30.2 Å². The van der Waals surface area contributed by atoms with Crippen molar-refractivity contribution in [2.45, 2.75) is 44.4 Å². The van der Waals surface area contributed by atoms with Gasteiger partial charge < -0.3 is 14.2 Å². The van der Waals surface area contributed by atoms with Gasteiger partial charge in [0.15, 0.2) is 5.82 Å². The molecular weight excluding hydrogens is 270 g/mol. The van der Waals surface area contributed by atoms with Crippen LogP contribution in [0.3, 0.4) is 0 Å². The van der Waals surface area contributed by atoms with Gasteiger partial charge in [0.05, 0.1) is 12.1 Å². The second-order valence-electron chi connectivity index (χ2n) is 5.52. The molecule has 0 unspecified atom stereocenters. The second kappa shape index (κ2) is 5.07. The van der Waals surface area contributed by atoms with E-state index in [1.165, 1.54) is 0 Å². The largest absolute Gasteiger partial charge is 0.363 e. The normalized spacial score (nSPS) is 28.6. The molecule has 110 valence electrons. The third kappa shape index (κ3) is 2.27. The molecule has 2 aliphatic heterocycles. The number of nitrogens with zero attached hydrogens (tertiary/aromatic N) is 5. The third-order valence-corrected chi connectivity index (χ3v) is 4.18. The van der Waals surface area contributed by atoms with Crippen molar-refractivity contribution in [1.82, 2.24) is 20.1 Å². The smallest absolute Gasteiger partial charge is 0.255 e. The van der Waals surface area contributed by atoms with E-state index in [2.05, 4.69) is 25.0 Å². The predicted octanol–water partition coefficient (Wildman–Crippen LogP) is 1.67. The fourth-order valence-electron chi connectivity index (χ4n) is 3.24. The molecule has 0 saturated carbocycles. The SMILES string of the molecule is Cc1noc([C@H]2CC[C@@H]3[C@@H](CCN3c3ncccn3)O2)n1. The molecule has 0 amide bonds. The number of hydrogen-bond donors (Lipinski definition) is 0. The molecule has 2 aromatic rings. The Kier molecular flexibility index (Phi) is 3.07. The molecule has 0 bridgehead atoms. The first kappa shape index (κ1) is 12.7. The van der Waals surface area contributed by atoms with Crippen molar-refractivity contribution >= 4 is 5.95 Å². The van der Waals surface area contributed by atoms with E-state index in [4.69, 9.17) is 9.26 Å². The first-order valence-corrected chi connectivity index (χ1v) is 7.30. The summed E-state index contributed by atoms with van der Waals surface area (Å²) in [7, 11) is 0. The molecule has 0 spiro atoms. The van der Waals surface area contributed by atoms with E-state index in [1.54, 1.807) is 12.4 Å². The third-order valence-electron chi connectivity index (χ3n) is 4.18. The average Bonchev–Trinajstić information content (AvgIpc) is 3.13. The maximum absolute atomic E-state index is 6.17. The predicted molar refractivity (Wildman–Crippen MR) is 73.7 cm³/mol. The molecule has 2 saturated heterocycles. The highest BCUT2D eigenvalue weighted by atomic mass is 16.5. The summed E-state index contributed by atoms with van der Waals surface area (Å²) in [6.45, 7) is 2.75. The summed E-state index contributed by atoms with van der Waals surface area (Å²) in [6, 6.07) is 2.18. The van der Waals surface area contributed by atoms with Crippen molar-refractivity contribution in [2.24, 2.45) is 0 Å². The summed E-state index contributed by atoms with van der Waals surface area (Å²) in [5.41, 5.74) is 0. The van der Waals surface area contributed by atoms with Gasteiger partial charge in [-0.2, -0.15) is 4.98 Å². The van der Waals surface area contributed by atoms with Crippen LogP contribution < -0.4 is 4.90 Å². The number of fused-ring (bicyclic) bond motifs is 1. The standard InChI is InChI=1S/C14H17N5O2/c1-9-17-13(21-18-9)12-4-3-10-11(20-12)5-8-19(10)14-15-6-2-7-16-14/h2,6-7,10-12H,3-5,8H2,1H3/t10-,11-,12-/m1/s1. The van der Waals surface area contributed by atoms with E-state index in [0.29, 0.717) is 17.8 Å². The zero-order chi connectivity index (χ0) is 14.2. The molecule has 0 N–H and O–H groups in total. The van der Waals surface area contributed by atoms with Gasteiger partial charge in [-0.1, -0.05) is 5.16 Å². The molecule has 21 heavy (non-hydrogen) atoms. The lowest BCUT2D eigenvalue weighted by Crippen LogP contribution is -2.41. The van der Waals surface area contributed by atoms with Gasteiger partial charge in [-0.05, 0) is 32.3 Å². The molecule has 0 aromatic carbocycles. The molecule has 2 aromatic heterocycles. The van der Waals surface area contributed by atoms with Crippen LogP contribution in [0.25, 0.3) is 0 Å². The van der Waals surface area contributed by atoms with E-state index >= 15 is 0 Å². The second-order valence-corrected chi connectivity index (χ2v) is 5.52. The van der Waals surface area contributed by atoms with Crippen molar-refractivity contribution < 1.29 is 9.26 Å². The fourth-order valence-corrected chi connectivity index (χ4v) is 3.24. The quantitative estimate of drug-likeness (QED) is 0.831. The molecule has 4 heterocycles. The number of ether oxygens (including phenoxy) is 1. The summed E-state index contributed by atoms with van der Waals surface area (Å²) < 4.78 is 11.4. The van der Waals surface area contributed by atoms with Crippen molar-refractivity contribution in [1.29, 1.82) is 0 Å². The number of anilines is 1. The molecule has 0 radical (unpaired) electrons. The minimum absolute atomic E-state index is 0.0795. The highest BCUT2D eigenvalue weighted by Gasteiger charge is 2.42. The average molecular weight is 287 g/mol. The number of rotatable bonds is 2. The maximum atomic E-state index is 6.17. The fraction of sp³-hybridized carbons (Fsp3) is 0.571. The van der Waals surface area contributed by atoms with E-state index in [1.807, 2.05) is 13.0 Å². The van der Waals surface area contributed by atoms with Crippen LogP contribution in [-0.4, -0.2) is 38.8 Å². The molecular formula is C14H17N5O2. The number of hydrogen-bond acceptors (Lipinski definition) is 7. The Labute approximate surface area is 122 Å². The van der Waals surface area contributed by atoms with Crippen LogP contribution in [0.1, 0.15) is 37.1 Å². The van der Waals surface area contributed by atoms with Crippen LogP contribution in [0.4, 0.5) is 5.95 Å². The highest BCUT2D eigenvalue weighted by Crippen LogP contribution is 2.38. The Hall–Kier alpha value is -2.02. The minimum Gasteiger partial charge on any atom is -0.363 e. The van der Waals surface area contributed by atoms with Gasteiger partial charge in [0, 0.05) is 18.9 Å². The molecule has 7 nitrogen and oxygen atoms in total. The lowest BCUT2D eigenvalue weighted by molar-refractivity contribution is -0.0657. The van der Waals surface area contributed by atoms with E-state index in [-0.39, 0.29) is 12.2 Å². The Balaban J connectivity index is 1.49. The molecule has 2 aliphatic rings. The van der Waals surface area contributed by atoms with Gasteiger partial charge in [-0.15, -0.1) is 0 Å².